The maximum Gasteiger partial charge on any atom is 0.374 e. The van der Waals surface area contributed by atoms with Crippen LogP contribution in [-0.4, -0.2) is 25.3 Å². The van der Waals surface area contributed by atoms with E-state index < -0.39 is 10.1 Å². The molecule has 0 aliphatic carbocycles. The van der Waals surface area contributed by atoms with Gasteiger partial charge in [-0.05, 0) is 55.7 Å². The van der Waals surface area contributed by atoms with Crippen molar-refractivity contribution in [2.45, 2.75) is 32.7 Å². The summed E-state index contributed by atoms with van der Waals surface area (Å²) in [5, 5.41) is 1.14. The van der Waals surface area contributed by atoms with Crippen molar-refractivity contribution in [1.29, 1.82) is 0 Å². The van der Waals surface area contributed by atoms with Crippen LogP contribution in [0.4, 0.5) is 5.69 Å². The molecule has 0 fully saturated rings. The van der Waals surface area contributed by atoms with Gasteiger partial charge in [0.2, 0.25) is 11.5 Å². The Morgan fingerprint density at radius 1 is 1.20 bits per heavy atom. The summed E-state index contributed by atoms with van der Waals surface area (Å²) in [6, 6.07) is 10.7. The monoisotopic (exact) mass is 535 g/mol. The van der Waals surface area contributed by atoms with Gasteiger partial charge in [-0.15, -0.1) is 0 Å². The van der Waals surface area contributed by atoms with Crippen LogP contribution in [0.3, 0.4) is 0 Å². The normalized spacial score (nSPS) is 15.2. The molecule has 1 N–H and O–H groups in total. The van der Waals surface area contributed by atoms with E-state index in [1.807, 2.05) is 40.7 Å². The lowest BCUT2D eigenvalue weighted by Crippen LogP contribution is -2.35. The van der Waals surface area contributed by atoms with E-state index in [2.05, 4.69) is 0 Å². The fourth-order valence-electron chi connectivity index (χ4n) is 3.92. The standard InChI is InChI=1S/C25H24Cl2N2O5S/c1-3-10-28-20-15-18(26)6-8-22(20)33-24(28)13-17(4-2)14-25-29(11-5-12-35(30,31)32)21-16-19(27)7-9-23(21)34-25/h1,6-9,13-16H,3-5,10-12H2,2H3/p+1. The lowest BCUT2D eigenvalue weighted by molar-refractivity contribution is -0.677. The van der Waals surface area contributed by atoms with Crippen molar-refractivity contribution < 1.29 is 26.7 Å². The number of halogens is 2. The van der Waals surface area contributed by atoms with Crippen molar-refractivity contribution in [1.82, 2.24) is 0 Å². The molecule has 0 atom stereocenters. The maximum atomic E-state index is 11.2. The minimum Gasteiger partial charge on any atom is -0.439 e. The molecular weight excluding hydrogens is 511 g/mol. The lowest BCUT2D eigenvalue weighted by atomic mass is 10.1. The molecule has 0 saturated carbocycles. The predicted octanol–water partition coefficient (Wildman–Crippen LogP) is 5.94. The van der Waals surface area contributed by atoms with Gasteiger partial charge in [0, 0.05) is 35.2 Å². The molecule has 1 aromatic heterocycles. The second-order valence-corrected chi connectivity index (χ2v) is 10.5. The molecule has 4 rings (SSSR count). The highest BCUT2D eigenvalue weighted by atomic mass is 35.5. The van der Waals surface area contributed by atoms with E-state index in [1.54, 1.807) is 24.3 Å². The van der Waals surface area contributed by atoms with Gasteiger partial charge < -0.3 is 14.1 Å². The Labute approximate surface area is 214 Å². The molecule has 2 radical (unpaired) electrons. The van der Waals surface area contributed by atoms with E-state index in [9.17, 15) is 8.42 Å². The fourth-order valence-corrected chi connectivity index (χ4v) is 4.75. The summed E-state index contributed by atoms with van der Waals surface area (Å²) >= 11 is 12.4. The van der Waals surface area contributed by atoms with E-state index in [-0.39, 0.29) is 12.2 Å². The van der Waals surface area contributed by atoms with Crippen LogP contribution in [0, 0.1) is 6.92 Å². The van der Waals surface area contributed by atoms with Gasteiger partial charge in [0.15, 0.2) is 12.3 Å². The van der Waals surface area contributed by atoms with Crippen molar-refractivity contribution in [2.75, 3.05) is 17.2 Å². The molecule has 0 saturated heterocycles. The number of aryl methyl sites for hydroxylation is 1. The number of aromatic nitrogens is 1. The van der Waals surface area contributed by atoms with Crippen LogP contribution in [-0.2, 0) is 16.7 Å². The van der Waals surface area contributed by atoms with Crippen LogP contribution in [0.1, 0.15) is 32.1 Å². The first kappa shape index (κ1) is 25.6. The molecule has 35 heavy (non-hydrogen) atoms. The van der Waals surface area contributed by atoms with Crippen LogP contribution >= 0.6 is 23.2 Å². The number of oxazole rings is 1. The number of benzene rings is 2. The molecule has 0 bridgehead atoms. The molecular formula is C25H25Cl2N2O5S+. The number of hydrogen-bond donors (Lipinski definition) is 1. The van der Waals surface area contributed by atoms with Crippen molar-refractivity contribution in [3.05, 3.63) is 76.8 Å². The smallest absolute Gasteiger partial charge is 0.374 e. The summed E-state index contributed by atoms with van der Waals surface area (Å²) in [5.41, 5.74) is 3.19. The highest BCUT2D eigenvalue weighted by Crippen LogP contribution is 2.41. The minimum atomic E-state index is -4.07. The SMILES string of the molecule is [CH]CC[n+]1c(/C=C(\C=C2\Oc3ccc(Cl)cc3N2CCCS(=O)(=O)O)CC)oc2ccc(Cl)cc21. The number of hydrogen-bond acceptors (Lipinski definition) is 5. The van der Waals surface area contributed by atoms with Crippen LogP contribution in [0.5, 0.6) is 5.75 Å². The third kappa shape index (κ3) is 6.01. The third-order valence-corrected chi connectivity index (χ3v) is 6.82. The van der Waals surface area contributed by atoms with Gasteiger partial charge in [-0.25, -0.2) is 0 Å². The zero-order chi connectivity index (χ0) is 25.2. The van der Waals surface area contributed by atoms with Gasteiger partial charge in [0.1, 0.15) is 0 Å². The van der Waals surface area contributed by atoms with Gasteiger partial charge in [-0.1, -0.05) is 30.1 Å². The minimum absolute atomic E-state index is 0.206. The van der Waals surface area contributed by atoms with Crippen molar-refractivity contribution >= 4 is 56.2 Å². The number of ether oxygens (including phenoxy) is 1. The Hall–Kier alpha value is -2.52. The average Bonchev–Trinajstić information content (AvgIpc) is 3.30. The molecule has 10 heteroatoms. The van der Waals surface area contributed by atoms with E-state index >= 15 is 0 Å². The van der Waals surface area contributed by atoms with E-state index in [4.69, 9.17) is 43.8 Å². The first-order valence-electron chi connectivity index (χ1n) is 11.1. The third-order valence-electron chi connectivity index (χ3n) is 5.55. The Morgan fingerprint density at radius 2 is 1.94 bits per heavy atom. The predicted molar refractivity (Wildman–Crippen MR) is 137 cm³/mol. The molecule has 2 aromatic carbocycles. The molecule has 184 valence electrons. The highest BCUT2D eigenvalue weighted by molar-refractivity contribution is 7.85. The molecule has 2 heterocycles. The van der Waals surface area contributed by atoms with Crippen molar-refractivity contribution in [2.24, 2.45) is 0 Å². The highest BCUT2D eigenvalue weighted by Gasteiger charge is 2.27. The Balaban J connectivity index is 1.72. The van der Waals surface area contributed by atoms with Crippen LogP contribution in [0.2, 0.25) is 10.0 Å². The zero-order valence-corrected chi connectivity index (χ0v) is 21.4. The Bertz CT molecular complexity index is 1410. The number of fused-ring (bicyclic) bond motifs is 2. The van der Waals surface area contributed by atoms with Gasteiger partial charge in [0.25, 0.3) is 15.6 Å². The number of nitrogens with zero attached hydrogens (tertiary/aromatic N) is 2. The lowest BCUT2D eigenvalue weighted by Gasteiger charge is -2.18. The van der Waals surface area contributed by atoms with Gasteiger partial charge in [0.05, 0.1) is 17.5 Å². The van der Waals surface area contributed by atoms with Gasteiger partial charge in [-0.2, -0.15) is 13.0 Å². The largest absolute Gasteiger partial charge is 0.439 e. The van der Waals surface area contributed by atoms with Gasteiger partial charge in [-0.3, -0.25) is 4.55 Å². The quantitative estimate of drug-likeness (QED) is 0.269. The summed E-state index contributed by atoms with van der Waals surface area (Å²) in [4.78, 5) is 1.85. The Kier molecular flexibility index (Phi) is 7.76. The van der Waals surface area contributed by atoms with E-state index in [0.29, 0.717) is 59.1 Å². The number of rotatable bonds is 9. The van der Waals surface area contributed by atoms with Crippen LogP contribution < -0.4 is 14.2 Å². The van der Waals surface area contributed by atoms with Crippen molar-refractivity contribution in [3.63, 3.8) is 0 Å². The van der Waals surface area contributed by atoms with E-state index in [0.717, 1.165) is 16.8 Å². The fraction of sp³-hybridized carbons (Fsp3) is 0.280. The molecule has 3 aromatic rings. The molecule has 0 unspecified atom stereocenters. The molecule has 7 nitrogen and oxygen atoms in total. The second-order valence-electron chi connectivity index (χ2n) is 8.05. The average molecular weight is 536 g/mol. The summed E-state index contributed by atoms with van der Waals surface area (Å²) in [5.74, 6) is 1.40. The summed E-state index contributed by atoms with van der Waals surface area (Å²) in [7, 11) is -4.07. The summed E-state index contributed by atoms with van der Waals surface area (Å²) in [6.07, 6.45) is 5.11. The summed E-state index contributed by atoms with van der Waals surface area (Å²) in [6.45, 7) is 8.72. The van der Waals surface area contributed by atoms with Gasteiger partial charge >= 0.3 is 5.89 Å². The van der Waals surface area contributed by atoms with Crippen LogP contribution in [0.25, 0.3) is 17.2 Å². The number of allylic oxidation sites excluding steroid dienone is 2. The van der Waals surface area contributed by atoms with Crippen molar-refractivity contribution in [3.8, 4) is 5.75 Å². The second kappa shape index (κ2) is 10.6. The molecule has 0 amide bonds. The molecule has 1 aliphatic heterocycles. The number of anilines is 1. The van der Waals surface area contributed by atoms with E-state index in [1.165, 1.54) is 0 Å². The first-order valence-corrected chi connectivity index (χ1v) is 13.5. The molecule has 0 spiro atoms. The zero-order valence-electron chi connectivity index (χ0n) is 19.1. The first-order chi connectivity index (χ1) is 16.7. The summed E-state index contributed by atoms with van der Waals surface area (Å²) < 4.78 is 45.7. The topological polar surface area (TPSA) is 83.9 Å². The Morgan fingerprint density at radius 3 is 2.66 bits per heavy atom. The molecule has 1 aliphatic rings. The maximum absolute atomic E-state index is 11.2. The van der Waals surface area contributed by atoms with Crippen LogP contribution in [0.15, 0.2) is 58.3 Å².